The van der Waals surface area contributed by atoms with Crippen molar-refractivity contribution in [1.82, 2.24) is 0 Å². The molecule has 1 aliphatic heterocycles. The summed E-state index contributed by atoms with van der Waals surface area (Å²) in [4.78, 5) is 13.1. The van der Waals surface area contributed by atoms with E-state index in [1.54, 1.807) is 25.3 Å². The molecule has 146 valence electrons. The molecule has 2 aromatic rings. The van der Waals surface area contributed by atoms with E-state index in [-0.39, 0.29) is 29.6 Å². The number of benzene rings is 2. The fourth-order valence-electron chi connectivity index (χ4n) is 4.16. The van der Waals surface area contributed by atoms with Gasteiger partial charge in [-0.15, -0.1) is 0 Å². The fraction of sp³-hybridized carbons (Fsp3) is 0.261. The summed E-state index contributed by atoms with van der Waals surface area (Å²) in [5.74, 6) is -1.80. The molecule has 3 atom stereocenters. The molecule has 1 heterocycles. The molecular weight excluding hydrogens is 371 g/mol. The van der Waals surface area contributed by atoms with Crippen molar-refractivity contribution in [3.8, 4) is 11.8 Å². The summed E-state index contributed by atoms with van der Waals surface area (Å²) in [6, 6.07) is 15.6. The quantitative estimate of drug-likeness (QED) is 0.838. The number of methoxy groups -OCH3 is 1. The number of rotatable bonds is 3. The van der Waals surface area contributed by atoms with Gasteiger partial charge in [-0.05, 0) is 35.2 Å². The summed E-state index contributed by atoms with van der Waals surface area (Å²) < 4.78 is 25.3. The van der Waals surface area contributed by atoms with Gasteiger partial charge in [0.15, 0.2) is 5.78 Å². The molecule has 0 spiro atoms. The molecular formula is C23H19FN2O3. The zero-order valence-corrected chi connectivity index (χ0v) is 15.8. The van der Waals surface area contributed by atoms with Gasteiger partial charge in [-0.2, -0.15) is 5.26 Å². The molecule has 0 saturated heterocycles. The predicted octanol–water partition coefficient (Wildman–Crippen LogP) is 4.47. The van der Waals surface area contributed by atoms with Crippen molar-refractivity contribution < 1.29 is 18.7 Å². The van der Waals surface area contributed by atoms with Gasteiger partial charge in [0.05, 0.1) is 13.2 Å². The van der Waals surface area contributed by atoms with Gasteiger partial charge in [-0.25, -0.2) is 4.39 Å². The normalized spacial score (nSPS) is 23.8. The summed E-state index contributed by atoms with van der Waals surface area (Å²) in [5.41, 5.74) is 1.53. The van der Waals surface area contributed by atoms with Gasteiger partial charge < -0.3 is 9.47 Å². The number of nitrogens with zero attached hydrogens (tertiary/aromatic N) is 1. The van der Waals surface area contributed by atoms with E-state index < -0.39 is 17.7 Å². The summed E-state index contributed by atoms with van der Waals surface area (Å²) in [7, 11) is 1.59. The lowest BCUT2D eigenvalue weighted by Crippen LogP contribution is -2.36. The molecule has 1 N–H and O–H groups in total. The number of hydrogen-bond acceptors (Lipinski definition) is 5. The van der Waals surface area contributed by atoms with Gasteiger partial charge in [0, 0.05) is 24.3 Å². The average molecular weight is 390 g/mol. The largest absolute Gasteiger partial charge is 0.497 e. The highest BCUT2D eigenvalue weighted by Gasteiger charge is 2.45. The molecule has 0 radical (unpaired) electrons. The molecule has 3 unspecified atom stereocenters. The summed E-state index contributed by atoms with van der Waals surface area (Å²) in [6.07, 6.45) is 0.657. The Hall–Kier alpha value is -3.46. The van der Waals surface area contributed by atoms with Gasteiger partial charge in [0.1, 0.15) is 23.2 Å². The Morgan fingerprint density at radius 1 is 1.17 bits per heavy atom. The minimum absolute atomic E-state index is 0.111. The van der Waals surface area contributed by atoms with E-state index in [0.717, 1.165) is 11.3 Å². The van der Waals surface area contributed by atoms with Gasteiger partial charge in [-0.3, -0.25) is 10.2 Å². The van der Waals surface area contributed by atoms with Gasteiger partial charge in [-0.1, -0.05) is 30.3 Å². The Morgan fingerprint density at radius 2 is 1.90 bits per heavy atom. The number of halogens is 1. The molecule has 5 nitrogen and oxygen atoms in total. The lowest BCUT2D eigenvalue weighted by Gasteiger charge is -2.36. The standard InChI is InChI=1S/C23H19FN2O3/c1-28-15-8-6-13(7-9-15)14-10-19(27)22-20(11-14)29-23(26)17(12-25)21(22)16-4-2-3-5-18(16)24/h2-9,14,17,21,26H,10-11H2,1H3. The number of carbonyl (C=O) groups excluding carboxylic acids is 1. The van der Waals surface area contributed by atoms with Crippen molar-refractivity contribution in [1.29, 1.82) is 10.7 Å². The topological polar surface area (TPSA) is 83.2 Å². The lowest BCUT2D eigenvalue weighted by molar-refractivity contribution is -0.117. The smallest absolute Gasteiger partial charge is 0.205 e. The van der Waals surface area contributed by atoms with E-state index in [2.05, 4.69) is 0 Å². The van der Waals surface area contributed by atoms with E-state index in [1.165, 1.54) is 6.07 Å². The van der Waals surface area contributed by atoms with Crippen molar-refractivity contribution in [3.63, 3.8) is 0 Å². The zero-order chi connectivity index (χ0) is 20.5. The molecule has 2 aromatic carbocycles. The highest BCUT2D eigenvalue weighted by Crippen LogP contribution is 2.47. The van der Waals surface area contributed by atoms with Crippen LogP contribution in [0.5, 0.6) is 5.75 Å². The summed E-state index contributed by atoms with van der Waals surface area (Å²) in [5, 5.41) is 17.8. The van der Waals surface area contributed by atoms with E-state index in [9.17, 15) is 14.4 Å². The molecule has 1 aliphatic carbocycles. The molecule has 0 amide bonds. The van der Waals surface area contributed by atoms with E-state index in [0.29, 0.717) is 17.8 Å². The van der Waals surface area contributed by atoms with Crippen LogP contribution in [0.2, 0.25) is 0 Å². The number of ether oxygens (including phenoxy) is 2. The Morgan fingerprint density at radius 3 is 2.55 bits per heavy atom. The van der Waals surface area contributed by atoms with E-state index in [4.69, 9.17) is 14.9 Å². The highest BCUT2D eigenvalue weighted by molar-refractivity contribution is 6.02. The van der Waals surface area contributed by atoms with Gasteiger partial charge in [0.25, 0.3) is 0 Å². The van der Waals surface area contributed by atoms with Crippen molar-refractivity contribution in [2.45, 2.75) is 24.7 Å². The second-order valence-electron chi connectivity index (χ2n) is 7.21. The number of ketones is 1. The minimum atomic E-state index is -1.04. The van der Waals surface area contributed by atoms with Crippen LogP contribution in [0.1, 0.15) is 35.8 Å². The van der Waals surface area contributed by atoms with Crippen LogP contribution >= 0.6 is 0 Å². The van der Waals surface area contributed by atoms with Crippen LogP contribution in [0.25, 0.3) is 0 Å². The lowest BCUT2D eigenvalue weighted by atomic mass is 9.71. The van der Waals surface area contributed by atoms with Gasteiger partial charge in [0.2, 0.25) is 5.90 Å². The van der Waals surface area contributed by atoms with Crippen LogP contribution in [0, 0.1) is 28.5 Å². The zero-order valence-electron chi connectivity index (χ0n) is 15.8. The van der Waals surface area contributed by atoms with Crippen LogP contribution in [0.15, 0.2) is 59.9 Å². The average Bonchev–Trinajstić information content (AvgIpc) is 2.73. The molecule has 2 aliphatic rings. The summed E-state index contributed by atoms with van der Waals surface area (Å²) in [6.45, 7) is 0. The second-order valence-corrected chi connectivity index (χ2v) is 7.21. The molecule has 29 heavy (non-hydrogen) atoms. The summed E-state index contributed by atoms with van der Waals surface area (Å²) >= 11 is 0. The van der Waals surface area contributed by atoms with Crippen LogP contribution in [0.3, 0.4) is 0 Å². The molecule has 0 fully saturated rings. The van der Waals surface area contributed by atoms with Crippen LogP contribution in [0.4, 0.5) is 4.39 Å². The fourth-order valence-corrected chi connectivity index (χ4v) is 4.16. The SMILES string of the molecule is COc1ccc(C2CC(=O)C3=C(C2)OC(=N)C(C#N)C3c2ccccc2F)cc1. The first-order valence-electron chi connectivity index (χ1n) is 9.34. The van der Waals surface area contributed by atoms with Crippen molar-refractivity contribution in [2.24, 2.45) is 5.92 Å². The van der Waals surface area contributed by atoms with Crippen LogP contribution in [-0.4, -0.2) is 18.8 Å². The maximum absolute atomic E-state index is 14.5. The number of hydrogen-bond donors (Lipinski definition) is 1. The first kappa shape index (κ1) is 18.9. The monoisotopic (exact) mass is 390 g/mol. The number of nitrogens with one attached hydrogen (secondary N) is 1. The van der Waals surface area contributed by atoms with E-state index >= 15 is 0 Å². The maximum atomic E-state index is 14.5. The first-order valence-corrected chi connectivity index (χ1v) is 9.34. The maximum Gasteiger partial charge on any atom is 0.205 e. The Balaban J connectivity index is 1.76. The highest BCUT2D eigenvalue weighted by atomic mass is 19.1. The third-order valence-electron chi connectivity index (χ3n) is 5.59. The third-order valence-corrected chi connectivity index (χ3v) is 5.59. The van der Waals surface area contributed by atoms with Crippen molar-refractivity contribution in [2.75, 3.05) is 7.11 Å². The van der Waals surface area contributed by atoms with E-state index in [1.807, 2.05) is 30.3 Å². The predicted molar refractivity (Wildman–Crippen MR) is 104 cm³/mol. The first-order chi connectivity index (χ1) is 14.0. The number of allylic oxidation sites excluding steroid dienone is 2. The Labute approximate surface area is 167 Å². The molecule has 0 bridgehead atoms. The molecule has 6 heteroatoms. The molecule has 4 rings (SSSR count). The number of Topliss-reactive ketones (excluding diaryl/α,β-unsaturated/α-hetero) is 1. The van der Waals surface area contributed by atoms with Crippen LogP contribution < -0.4 is 4.74 Å². The van der Waals surface area contributed by atoms with Crippen LogP contribution in [-0.2, 0) is 9.53 Å². The molecule has 0 saturated carbocycles. The second kappa shape index (κ2) is 7.51. The third kappa shape index (κ3) is 3.29. The number of nitriles is 1. The Bertz CT molecular complexity index is 1050. The van der Waals surface area contributed by atoms with Crippen molar-refractivity contribution >= 4 is 11.7 Å². The number of carbonyl (C=O) groups is 1. The van der Waals surface area contributed by atoms with Gasteiger partial charge >= 0.3 is 0 Å². The molecule has 0 aromatic heterocycles. The minimum Gasteiger partial charge on any atom is -0.497 e. The Kier molecular flexibility index (Phi) is 4.89. The van der Waals surface area contributed by atoms with Crippen molar-refractivity contribution in [3.05, 3.63) is 76.8 Å².